The molecular formula is C18H25N3O2. The second-order valence-electron chi connectivity index (χ2n) is 6.41. The Morgan fingerprint density at radius 1 is 1.30 bits per heavy atom. The third-order valence-corrected chi connectivity index (χ3v) is 4.04. The molecule has 0 aliphatic carbocycles. The lowest BCUT2D eigenvalue weighted by Gasteiger charge is -2.14. The van der Waals surface area contributed by atoms with Crippen molar-refractivity contribution < 1.29 is 9.90 Å². The lowest BCUT2D eigenvalue weighted by Crippen LogP contribution is -2.23. The number of nitrogens with one attached hydrogen (secondary N) is 1. The summed E-state index contributed by atoms with van der Waals surface area (Å²) >= 11 is 0. The molecule has 0 bridgehead atoms. The SMILES string of the molecule is Cc1ccc(C)c(-n2ncc(NC(=O)CC(O)C(C)C)c2C)c1. The fourth-order valence-corrected chi connectivity index (χ4v) is 2.35. The molecule has 1 amide bonds. The summed E-state index contributed by atoms with van der Waals surface area (Å²) < 4.78 is 1.83. The smallest absolute Gasteiger partial charge is 0.227 e. The lowest BCUT2D eigenvalue weighted by molar-refractivity contribution is -0.118. The number of nitrogens with zero attached hydrogens (tertiary/aromatic N) is 2. The standard InChI is InChI=1S/C18H25N3O2/c1-11(2)17(22)9-18(23)20-15-10-19-21(14(15)5)16-8-12(3)6-7-13(16)4/h6-8,10-11,17,22H,9H2,1-5H3,(H,20,23). The zero-order valence-corrected chi connectivity index (χ0v) is 14.4. The van der Waals surface area contributed by atoms with Crippen molar-refractivity contribution in [3.8, 4) is 5.69 Å². The van der Waals surface area contributed by atoms with Gasteiger partial charge >= 0.3 is 0 Å². The van der Waals surface area contributed by atoms with Crippen molar-refractivity contribution in [2.45, 2.75) is 47.1 Å². The third kappa shape index (κ3) is 3.99. The molecule has 0 fully saturated rings. The summed E-state index contributed by atoms with van der Waals surface area (Å²) in [4.78, 5) is 12.0. The molecule has 0 aliphatic rings. The van der Waals surface area contributed by atoms with Gasteiger partial charge in [-0.3, -0.25) is 4.79 Å². The minimum Gasteiger partial charge on any atom is -0.392 e. The van der Waals surface area contributed by atoms with Gasteiger partial charge in [-0.15, -0.1) is 0 Å². The number of rotatable bonds is 5. The normalized spacial score (nSPS) is 12.5. The second kappa shape index (κ2) is 6.96. The van der Waals surface area contributed by atoms with Crippen molar-refractivity contribution in [2.24, 2.45) is 5.92 Å². The van der Waals surface area contributed by atoms with Crippen LogP contribution in [-0.4, -0.2) is 26.9 Å². The number of hydrogen-bond acceptors (Lipinski definition) is 3. The molecular weight excluding hydrogens is 290 g/mol. The Kier molecular flexibility index (Phi) is 5.21. The number of aliphatic hydroxyl groups excluding tert-OH is 1. The molecule has 124 valence electrons. The first-order valence-electron chi connectivity index (χ1n) is 7.89. The van der Waals surface area contributed by atoms with Gasteiger partial charge in [-0.2, -0.15) is 5.10 Å². The summed E-state index contributed by atoms with van der Waals surface area (Å²) in [5.41, 5.74) is 4.82. The van der Waals surface area contributed by atoms with E-state index in [1.165, 1.54) is 0 Å². The Morgan fingerprint density at radius 3 is 2.65 bits per heavy atom. The quantitative estimate of drug-likeness (QED) is 0.890. The number of benzene rings is 1. The van der Waals surface area contributed by atoms with Crippen LogP contribution >= 0.6 is 0 Å². The average Bonchev–Trinajstić information content (AvgIpc) is 2.82. The predicted molar refractivity (Wildman–Crippen MR) is 91.9 cm³/mol. The molecule has 1 atom stereocenters. The van der Waals surface area contributed by atoms with Crippen molar-refractivity contribution in [3.05, 3.63) is 41.2 Å². The van der Waals surface area contributed by atoms with Gasteiger partial charge in [0.25, 0.3) is 0 Å². The van der Waals surface area contributed by atoms with Crippen LogP contribution in [0.3, 0.4) is 0 Å². The molecule has 5 heteroatoms. The minimum absolute atomic E-state index is 0.0551. The van der Waals surface area contributed by atoms with Crippen LogP contribution in [0.5, 0.6) is 0 Å². The maximum atomic E-state index is 12.0. The fraction of sp³-hybridized carbons (Fsp3) is 0.444. The van der Waals surface area contributed by atoms with Gasteiger partial charge in [0, 0.05) is 0 Å². The van der Waals surface area contributed by atoms with Gasteiger partial charge in [-0.05, 0) is 43.9 Å². The van der Waals surface area contributed by atoms with Crippen molar-refractivity contribution >= 4 is 11.6 Å². The summed E-state index contributed by atoms with van der Waals surface area (Å²) in [7, 11) is 0. The first kappa shape index (κ1) is 17.2. The van der Waals surface area contributed by atoms with Gasteiger partial charge < -0.3 is 10.4 Å². The van der Waals surface area contributed by atoms with Crippen molar-refractivity contribution in [1.29, 1.82) is 0 Å². The Hall–Kier alpha value is -2.14. The van der Waals surface area contributed by atoms with E-state index in [1.807, 2.05) is 39.3 Å². The topological polar surface area (TPSA) is 67.2 Å². The summed E-state index contributed by atoms with van der Waals surface area (Å²) in [5.74, 6) is -0.144. The zero-order chi connectivity index (χ0) is 17.1. The number of carbonyl (C=O) groups is 1. The van der Waals surface area contributed by atoms with Gasteiger partial charge in [-0.25, -0.2) is 4.68 Å². The Balaban J connectivity index is 2.20. The fourth-order valence-electron chi connectivity index (χ4n) is 2.35. The van der Waals surface area contributed by atoms with Gasteiger partial charge in [-0.1, -0.05) is 26.0 Å². The molecule has 2 rings (SSSR count). The van der Waals surface area contributed by atoms with Crippen LogP contribution in [0.25, 0.3) is 5.69 Å². The van der Waals surface area contributed by atoms with Gasteiger partial charge in [0.2, 0.25) is 5.91 Å². The van der Waals surface area contributed by atoms with Gasteiger partial charge in [0.15, 0.2) is 0 Å². The van der Waals surface area contributed by atoms with E-state index in [4.69, 9.17) is 0 Å². The molecule has 5 nitrogen and oxygen atoms in total. The van der Waals surface area contributed by atoms with Crippen molar-refractivity contribution in [1.82, 2.24) is 9.78 Å². The van der Waals surface area contributed by atoms with Crippen molar-refractivity contribution in [3.63, 3.8) is 0 Å². The van der Waals surface area contributed by atoms with E-state index >= 15 is 0 Å². The van der Waals surface area contributed by atoms with E-state index in [0.717, 1.165) is 22.5 Å². The molecule has 1 aromatic carbocycles. The van der Waals surface area contributed by atoms with E-state index in [9.17, 15) is 9.90 Å². The highest BCUT2D eigenvalue weighted by molar-refractivity contribution is 5.91. The number of anilines is 1. The van der Waals surface area contributed by atoms with Crippen LogP contribution in [0.15, 0.2) is 24.4 Å². The molecule has 0 aliphatic heterocycles. The number of aromatic nitrogens is 2. The first-order chi connectivity index (χ1) is 10.8. The molecule has 1 unspecified atom stereocenters. The maximum Gasteiger partial charge on any atom is 0.227 e. The largest absolute Gasteiger partial charge is 0.392 e. The third-order valence-electron chi connectivity index (χ3n) is 4.04. The Morgan fingerprint density at radius 2 is 2.00 bits per heavy atom. The number of hydrogen-bond donors (Lipinski definition) is 2. The molecule has 2 N–H and O–H groups in total. The lowest BCUT2D eigenvalue weighted by atomic mass is 10.0. The van der Waals surface area contributed by atoms with E-state index in [1.54, 1.807) is 6.20 Å². The zero-order valence-electron chi connectivity index (χ0n) is 14.4. The summed E-state index contributed by atoms with van der Waals surface area (Å²) in [5, 5.41) is 17.0. The Labute approximate surface area is 137 Å². The van der Waals surface area contributed by atoms with Crippen LogP contribution in [-0.2, 0) is 4.79 Å². The van der Waals surface area contributed by atoms with Gasteiger partial charge in [0.1, 0.15) is 0 Å². The number of aryl methyl sites for hydroxylation is 2. The summed E-state index contributed by atoms with van der Waals surface area (Å²) in [6, 6.07) is 6.19. The maximum absolute atomic E-state index is 12.0. The number of carbonyl (C=O) groups excluding carboxylic acids is 1. The van der Waals surface area contributed by atoms with Crippen LogP contribution in [0.4, 0.5) is 5.69 Å². The molecule has 1 heterocycles. The first-order valence-corrected chi connectivity index (χ1v) is 7.89. The van der Waals surface area contributed by atoms with Crippen molar-refractivity contribution in [2.75, 3.05) is 5.32 Å². The molecule has 0 radical (unpaired) electrons. The van der Waals surface area contributed by atoms with E-state index in [2.05, 4.69) is 28.6 Å². The predicted octanol–water partition coefficient (Wildman–Crippen LogP) is 3.14. The molecule has 0 saturated heterocycles. The van der Waals surface area contributed by atoms with E-state index in [-0.39, 0.29) is 18.2 Å². The summed E-state index contributed by atoms with van der Waals surface area (Å²) in [6.07, 6.45) is 1.10. The van der Waals surface area contributed by atoms with Crippen LogP contribution in [0.2, 0.25) is 0 Å². The van der Waals surface area contributed by atoms with Gasteiger partial charge in [0.05, 0.1) is 35.8 Å². The highest BCUT2D eigenvalue weighted by atomic mass is 16.3. The minimum atomic E-state index is -0.635. The number of amides is 1. The molecule has 1 aromatic heterocycles. The van der Waals surface area contributed by atoms with E-state index in [0.29, 0.717) is 5.69 Å². The average molecular weight is 315 g/mol. The monoisotopic (exact) mass is 315 g/mol. The molecule has 0 saturated carbocycles. The number of aliphatic hydroxyl groups is 1. The highest BCUT2D eigenvalue weighted by Gasteiger charge is 2.17. The van der Waals surface area contributed by atoms with Crippen LogP contribution in [0.1, 0.15) is 37.1 Å². The highest BCUT2D eigenvalue weighted by Crippen LogP contribution is 2.22. The van der Waals surface area contributed by atoms with E-state index < -0.39 is 6.10 Å². The molecule has 23 heavy (non-hydrogen) atoms. The molecule has 0 spiro atoms. The molecule has 2 aromatic rings. The van der Waals surface area contributed by atoms with Crippen LogP contribution in [0, 0.1) is 26.7 Å². The second-order valence-corrected chi connectivity index (χ2v) is 6.41. The summed E-state index contributed by atoms with van der Waals surface area (Å²) in [6.45, 7) is 9.78. The van der Waals surface area contributed by atoms with Crippen LogP contribution < -0.4 is 5.32 Å². The Bertz CT molecular complexity index is 704.